The van der Waals surface area contributed by atoms with Crippen LogP contribution in [-0.4, -0.2) is 21.8 Å². The van der Waals surface area contributed by atoms with Crippen molar-refractivity contribution in [2.24, 2.45) is 0 Å². The van der Waals surface area contributed by atoms with Gasteiger partial charge < -0.3 is 4.40 Å². The maximum atomic E-state index is 13.2. The van der Waals surface area contributed by atoms with Crippen LogP contribution < -0.4 is 0 Å². The highest BCUT2D eigenvalue weighted by atomic mass is 16.2. The van der Waals surface area contributed by atoms with Gasteiger partial charge >= 0.3 is 0 Å². The highest BCUT2D eigenvalue weighted by Gasteiger charge is 2.53. The van der Waals surface area contributed by atoms with E-state index >= 15 is 0 Å². The summed E-state index contributed by atoms with van der Waals surface area (Å²) < 4.78 is 1.94. The molecule has 0 radical (unpaired) electrons. The summed E-state index contributed by atoms with van der Waals surface area (Å²) in [6.07, 6.45) is 7.43. The van der Waals surface area contributed by atoms with Gasteiger partial charge in [0.2, 0.25) is 11.6 Å². The number of hydrogen-bond donors (Lipinski definition) is 0. The number of nitrogens with zero attached hydrogens (tertiary/aromatic N) is 1. The van der Waals surface area contributed by atoms with Crippen LogP contribution in [0.25, 0.3) is 22.4 Å². The lowest BCUT2D eigenvalue weighted by molar-refractivity contribution is -0.136. The zero-order valence-corrected chi connectivity index (χ0v) is 14.7. The SMILES string of the molecule is O=C1C(=O)c2cc3c4ccccc4cn3cc2C2(C=Cc3ccccc32)C1=O. The molecule has 1 unspecified atom stereocenters. The average molecular weight is 363 g/mol. The van der Waals surface area contributed by atoms with Crippen molar-refractivity contribution in [2.45, 2.75) is 5.41 Å². The smallest absolute Gasteiger partial charge is 0.270 e. The predicted molar refractivity (Wildman–Crippen MR) is 106 cm³/mol. The van der Waals surface area contributed by atoms with Crippen LogP contribution in [0.4, 0.5) is 0 Å². The molecule has 0 aliphatic heterocycles. The van der Waals surface area contributed by atoms with Crippen LogP contribution in [0.5, 0.6) is 0 Å². The van der Waals surface area contributed by atoms with Crippen LogP contribution in [0, 0.1) is 0 Å². The monoisotopic (exact) mass is 363 g/mol. The Balaban J connectivity index is 1.78. The molecule has 1 spiro atoms. The fourth-order valence-corrected chi connectivity index (χ4v) is 4.65. The number of carbonyl (C=O) groups is 3. The maximum absolute atomic E-state index is 13.2. The lowest BCUT2D eigenvalue weighted by atomic mass is 9.66. The molecule has 0 fully saturated rings. The number of benzene rings is 2. The Kier molecular flexibility index (Phi) is 2.69. The Morgan fingerprint density at radius 3 is 2.46 bits per heavy atom. The zero-order chi connectivity index (χ0) is 19.0. The molecule has 2 heterocycles. The predicted octanol–water partition coefficient (Wildman–Crippen LogP) is 3.74. The Labute approximate surface area is 159 Å². The first kappa shape index (κ1) is 15.3. The Hall–Kier alpha value is -3.79. The molecule has 2 aliphatic rings. The van der Waals surface area contributed by atoms with Crippen LogP contribution in [0.1, 0.15) is 27.0 Å². The quantitative estimate of drug-likeness (QED) is 0.447. The molecule has 0 saturated carbocycles. The van der Waals surface area contributed by atoms with E-state index in [1.165, 1.54) is 0 Å². The second-order valence-electron chi connectivity index (χ2n) is 7.33. The maximum Gasteiger partial charge on any atom is 0.270 e. The molecule has 6 rings (SSSR count). The topological polar surface area (TPSA) is 55.6 Å². The summed E-state index contributed by atoms with van der Waals surface area (Å²) >= 11 is 0. The fraction of sp³-hybridized carbons (Fsp3) is 0.0417. The van der Waals surface area contributed by atoms with Gasteiger partial charge in [-0.1, -0.05) is 60.7 Å². The van der Waals surface area contributed by atoms with Gasteiger partial charge in [-0.3, -0.25) is 14.4 Å². The van der Waals surface area contributed by atoms with Crippen LogP contribution in [-0.2, 0) is 15.0 Å². The third kappa shape index (κ3) is 1.63. The molecule has 0 saturated heterocycles. The van der Waals surface area contributed by atoms with Gasteiger partial charge in [0.05, 0.1) is 5.52 Å². The Bertz CT molecular complexity index is 1420. The van der Waals surface area contributed by atoms with Crippen molar-refractivity contribution in [3.63, 3.8) is 0 Å². The van der Waals surface area contributed by atoms with Gasteiger partial charge in [-0.2, -0.15) is 0 Å². The lowest BCUT2D eigenvalue weighted by Gasteiger charge is -2.32. The second kappa shape index (κ2) is 4.93. The number of Topliss-reactive ketones (excluding diaryl/α,β-unsaturated/α-hetero) is 3. The number of aromatic nitrogens is 1. The van der Waals surface area contributed by atoms with Gasteiger partial charge in [-0.15, -0.1) is 0 Å². The average Bonchev–Trinajstić information content (AvgIpc) is 3.29. The van der Waals surface area contributed by atoms with E-state index in [0.29, 0.717) is 11.1 Å². The first-order valence-electron chi connectivity index (χ1n) is 9.07. The van der Waals surface area contributed by atoms with Gasteiger partial charge in [-0.25, -0.2) is 0 Å². The number of hydrogen-bond acceptors (Lipinski definition) is 3. The second-order valence-corrected chi connectivity index (χ2v) is 7.33. The summed E-state index contributed by atoms with van der Waals surface area (Å²) in [5.74, 6) is -2.35. The number of allylic oxidation sites excluding steroid dienone is 1. The molecular weight excluding hydrogens is 350 g/mol. The van der Waals surface area contributed by atoms with Gasteiger partial charge in [0, 0.05) is 34.3 Å². The number of pyridine rings is 1. The van der Waals surface area contributed by atoms with E-state index in [-0.39, 0.29) is 0 Å². The molecule has 0 bridgehead atoms. The van der Waals surface area contributed by atoms with Crippen LogP contribution in [0.3, 0.4) is 0 Å². The molecule has 0 amide bonds. The van der Waals surface area contributed by atoms with Gasteiger partial charge in [0.25, 0.3) is 5.78 Å². The van der Waals surface area contributed by atoms with E-state index in [2.05, 4.69) is 0 Å². The fourth-order valence-electron chi connectivity index (χ4n) is 4.65. The zero-order valence-electron chi connectivity index (χ0n) is 14.7. The van der Waals surface area contributed by atoms with Crippen LogP contribution >= 0.6 is 0 Å². The number of rotatable bonds is 0. The minimum absolute atomic E-state index is 0.308. The summed E-state index contributed by atoms with van der Waals surface area (Å²) in [6.45, 7) is 0. The Morgan fingerprint density at radius 2 is 1.57 bits per heavy atom. The molecule has 4 aromatic rings. The van der Waals surface area contributed by atoms with Crippen molar-refractivity contribution in [3.8, 4) is 0 Å². The van der Waals surface area contributed by atoms with Crippen molar-refractivity contribution in [1.82, 2.24) is 4.40 Å². The molecule has 4 nitrogen and oxygen atoms in total. The molecule has 132 valence electrons. The van der Waals surface area contributed by atoms with Crippen LogP contribution in [0.2, 0.25) is 0 Å². The first-order valence-corrected chi connectivity index (χ1v) is 9.07. The summed E-state index contributed by atoms with van der Waals surface area (Å²) in [4.78, 5) is 38.6. The molecule has 2 aromatic carbocycles. The van der Waals surface area contributed by atoms with Gasteiger partial charge in [-0.05, 0) is 17.2 Å². The number of carbonyl (C=O) groups excluding carboxylic acids is 3. The van der Waals surface area contributed by atoms with Gasteiger partial charge in [0.1, 0.15) is 5.41 Å². The summed E-state index contributed by atoms with van der Waals surface area (Å²) in [5.41, 5.74) is 2.12. The normalized spacial score (nSPS) is 20.4. The van der Waals surface area contributed by atoms with E-state index in [1.807, 2.05) is 71.4 Å². The minimum atomic E-state index is -1.23. The highest BCUT2D eigenvalue weighted by molar-refractivity contribution is 6.71. The lowest BCUT2D eigenvalue weighted by Crippen LogP contribution is -2.47. The molecule has 4 heteroatoms. The van der Waals surface area contributed by atoms with Gasteiger partial charge in [0.15, 0.2) is 0 Å². The molecule has 2 aromatic heterocycles. The van der Waals surface area contributed by atoms with Crippen molar-refractivity contribution in [2.75, 3.05) is 0 Å². The van der Waals surface area contributed by atoms with E-state index in [0.717, 1.165) is 27.4 Å². The van der Waals surface area contributed by atoms with Crippen molar-refractivity contribution < 1.29 is 14.4 Å². The largest absolute Gasteiger partial charge is 0.322 e. The van der Waals surface area contributed by atoms with E-state index in [4.69, 9.17) is 0 Å². The van der Waals surface area contributed by atoms with E-state index in [1.54, 1.807) is 12.1 Å². The van der Waals surface area contributed by atoms with E-state index in [9.17, 15) is 14.4 Å². The third-order valence-corrected chi connectivity index (χ3v) is 5.97. The minimum Gasteiger partial charge on any atom is -0.322 e. The first-order chi connectivity index (χ1) is 13.6. The molecule has 1 atom stereocenters. The number of ketones is 3. The summed E-state index contributed by atoms with van der Waals surface area (Å²) in [7, 11) is 0. The molecule has 0 N–H and O–H groups in total. The van der Waals surface area contributed by atoms with Crippen LogP contribution in [0.15, 0.2) is 73.1 Å². The standard InChI is InChI=1S/C24H13NO3/c26-21-17-11-20-16-7-3-1-6-15(16)12-25(20)13-19(17)24(23(28)22(21)27)10-9-14-5-2-4-8-18(14)24/h1-13H. The molecule has 28 heavy (non-hydrogen) atoms. The molecule has 2 aliphatic carbocycles. The van der Waals surface area contributed by atoms with Crippen molar-refractivity contribution in [1.29, 1.82) is 0 Å². The summed E-state index contributed by atoms with van der Waals surface area (Å²) in [5, 5.41) is 2.03. The van der Waals surface area contributed by atoms with Crippen molar-refractivity contribution in [3.05, 3.63) is 95.3 Å². The molecular formula is C24H13NO3. The number of fused-ring (bicyclic) bond motifs is 7. The Morgan fingerprint density at radius 1 is 0.786 bits per heavy atom. The summed E-state index contributed by atoms with van der Waals surface area (Å²) in [6, 6.07) is 17.1. The van der Waals surface area contributed by atoms with Crippen molar-refractivity contribution >= 4 is 39.7 Å². The highest BCUT2D eigenvalue weighted by Crippen LogP contribution is 2.46. The van der Waals surface area contributed by atoms with E-state index < -0.39 is 22.8 Å². The third-order valence-electron chi connectivity index (χ3n) is 5.97.